The second-order valence-corrected chi connectivity index (χ2v) is 7.88. The number of carboxylic acids is 1. The topological polar surface area (TPSA) is 62.2 Å². The summed E-state index contributed by atoms with van der Waals surface area (Å²) in [6.45, 7) is 2.04. The molecule has 3 aromatic rings. The maximum Gasteiger partial charge on any atom is 0.326 e. The first-order chi connectivity index (χ1) is 12.0. The largest absolute Gasteiger partial charge is 0.480 e. The second-order valence-electron chi connectivity index (χ2n) is 5.77. The fourth-order valence-corrected chi connectivity index (χ4v) is 3.62. The average Bonchev–Trinajstić information content (AvgIpc) is 3.05. The molecular formula is C19H17IN2O2S. The van der Waals surface area contributed by atoms with E-state index >= 15 is 0 Å². The molecule has 0 amide bonds. The van der Waals surface area contributed by atoms with Gasteiger partial charge in [0.25, 0.3) is 0 Å². The Morgan fingerprint density at radius 3 is 2.72 bits per heavy atom. The smallest absolute Gasteiger partial charge is 0.326 e. The fraction of sp³-hybridized carbons (Fsp3) is 0.158. The van der Waals surface area contributed by atoms with E-state index < -0.39 is 12.0 Å². The SMILES string of the molecule is Cc1cccc(-c2csc(NC(Cc3ccc(I)cc3)C(=O)O)n2)c1. The van der Waals surface area contributed by atoms with E-state index in [0.717, 1.165) is 20.4 Å². The fourth-order valence-electron chi connectivity index (χ4n) is 2.48. The lowest BCUT2D eigenvalue weighted by Gasteiger charge is -2.13. The van der Waals surface area contributed by atoms with Gasteiger partial charge in [0.1, 0.15) is 6.04 Å². The van der Waals surface area contributed by atoms with Crippen molar-refractivity contribution in [3.8, 4) is 11.3 Å². The molecule has 0 bridgehead atoms. The van der Waals surface area contributed by atoms with Gasteiger partial charge in [-0.05, 0) is 53.3 Å². The van der Waals surface area contributed by atoms with Gasteiger partial charge in [-0.15, -0.1) is 11.3 Å². The van der Waals surface area contributed by atoms with Crippen molar-refractivity contribution in [2.45, 2.75) is 19.4 Å². The van der Waals surface area contributed by atoms with Crippen LogP contribution in [0.5, 0.6) is 0 Å². The lowest BCUT2D eigenvalue weighted by molar-refractivity contribution is -0.137. The van der Waals surface area contributed by atoms with Gasteiger partial charge in [-0.1, -0.05) is 35.9 Å². The van der Waals surface area contributed by atoms with Gasteiger partial charge in [-0.3, -0.25) is 0 Å². The Morgan fingerprint density at radius 2 is 2.04 bits per heavy atom. The van der Waals surface area contributed by atoms with Crippen molar-refractivity contribution >= 4 is 45.0 Å². The van der Waals surface area contributed by atoms with Gasteiger partial charge in [-0.2, -0.15) is 0 Å². The van der Waals surface area contributed by atoms with Crippen molar-refractivity contribution in [3.05, 3.63) is 68.6 Å². The number of benzene rings is 2. The van der Waals surface area contributed by atoms with Crippen molar-refractivity contribution < 1.29 is 9.90 Å². The summed E-state index contributed by atoms with van der Waals surface area (Å²) in [5, 5.41) is 15.1. The molecule has 1 atom stereocenters. The predicted molar refractivity (Wildman–Crippen MR) is 110 cm³/mol. The zero-order valence-electron chi connectivity index (χ0n) is 13.6. The number of hydrogen-bond donors (Lipinski definition) is 2. The highest BCUT2D eigenvalue weighted by Gasteiger charge is 2.19. The van der Waals surface area contributed by atoms with Crippen LogP contribution in [0.4, 0.5) is 5.13 Å². The molecule has 128 valence electrons. The lowest BCUT2D eigenvalue weighted by atomic mass is 10.1. The molecule has 1 heterocycles. The first kappa shape index (κ1) is 17.9. The summed E-state index contributed by atoms with van der Waals surface area (Å²) in [6, 6.07) is 15.3. The molecular weight excluding hydrogens is 447 g/mol. The number of carboxylic acid groups (broad SMARTS) is 1. The summed E-state index contributed by atoms with van der Waals surface area (Å²) >= 11 is 3.65. The zero-order valence-corrected chi connectivity index (χ0v) is 16.5. The van der Waals surface area contributed by atoms with E-state index in [1.54, 1.807) is 0 Å². The van der Waals surface area contributed by atoms with Crippen LogP contribution in [-0.4, -0.2) is 22.1 Å². The van der Waals surface area contributed by atoms with E-state index in [2.05, 4.69) is 39.0 Å². The maximum atomic E-state index is 11.6. The maximum absolute atomic E-state index is 11.6. The third kappa shape index (κ3) is 4.79. The molecule has 0 fully saturated rings. The summed E-state index contributed by atoms with van der Waals surface area (Å²) in [4.78, 5) is 16.2. The molecule has 4 nitrogen and oxygen atoms in total. The van der Waals surface area contributed by atoms with Gasteiger partial charge in [0.05, 0.1) is 5.69 Å². The molecule has 0 aliphatic heterocycles. The number of carbonyl (C=O) groups is 1. The van der Waals surface area contributed by atoms with Crippen molar-refractivity contribution in [2.75, 3.05) is 5.32 Å². The molecule has 1 unspecified atom stereocenters. The molecule has 0 radical (unpaired) electrons. The van der Waals surface area contributed by atoms with Gasteiger partial charge in [0, 0.05) is 20.9 Å². The predicted octanol–water partition coefficient (Wildman–Crippen LogP) is 4.83. The summed E-state index contributed by atoms with van der Waals surface area (Å²) in [5.41, 5.74) is 4.04. The molecule has 0 saturated carbocycles. The second kappa shape index (κ2) is 7.97. The molecule has 25 heavy (non-hydrogen) atoms. The molecule has 2 N–H and O–H groups in total. The third-order valence-electron chi connectivity index (χ3n) is 3.77. The first-order valence-electron chi connectivity index (χ1n) is 7.77. The van der Waals surface area contributed by atoms with Crippen LogP contribution in [0.25, 0.3) is 11.3 Å². The minimum atomic E-state index is -0.883. The van der Waals surface area contributed by atoms with Crippen molar-refractivity contribution in [2.24, 2.45) is 0 Å². The van der Waals surface area contributed by atoms with Crippen molar-refractivity contribution in [3.63, 3.8) is 0 Å². The van der Waals surface area contributed by atoms with Crippen LogP contribution in [0.3, 0.4) is 0 Å². The van der Waals surface area contributed by atoms with Gasteiger partial charge in [-0.25, -0.2) is 9.78 Å². The van der Waals surface area contributed by atoms with Crippen LogP contribution in [0.1, 0.15) is 11.1 Å². The van der Waals surface area contributed by atoms with Gasteiger partial charge in [0.15, 0.2) is 5.13 Å². The zero-order chi connectivity index (χ0) is 17.8. The summed E-state index contributed by atoms with van der Waals surface area (Å²) in [7, 11) is 0. The van der Waals surface area contributed by atoms with E-state index in [1.807, 2.05) is 54.8 Å². The normalized spacial score (nSPS) is 11.9. The number of rotatable bonds is 6. The lowest BCUT2D eigenvalue weighted by Crippen LogP contribution is -2.31. The number of nitrogens with one attached hydrogen (secondary N) is 1. The molecule has 3 rings (SSSR count). The average molecular weight is 464 g/mol. The highest BCUT2D eigenvalue weighted by Crippen LogP contribution is 2.26. The molecule has 0 spiro atoms. The van der Waals surface area contributed by atoms with Gasteiger partial charge in [0.2, 0.25) is 0 Å². The highest BCUT2D eigenvalue weighted by atomic mass is 127. The Balaban J connectivity index is 1.74. The molecule has 6 heteroatoms. The van der Waals surface area contributed by atoms with E-state index in [1.165, 1.54) is 16.9 Å². The Morgan fingerprint density at radius 1 is 1.28 bits per heavy atom. The number of nitrogens with zero attached hydrogens (tertiary/aromatic N) is 1. The number of aromatic nitrogens is 1. The number of hydrogen-bond acceptors (Lipinski definition) is 4. The minimum absolute atomic E-state index is 0.408. The number of aliphatic carboxylic acids is 1. The Labute approximate surface area is 164 Å². The monoisotopic (exact) mass is 464 g/mol. The number of anilines is 1. The van der Waals surface area contributed by atoms with E-state index in [0.29, 0.717) is 11.6 Å². The van der Waals surface area contributed by atoms with Crippen LogP contribution < -0.4 is 5.32 Å². The third-order valence-corrected chi connectivity index (χ3v) is 5.26. The molecule has 2 aromatic carbocycles. The molecule has 0 saturated heterocycles. The number of halogens is 1. The minimum Gasteiger partial charge on any atom is -0.480 e. The van der Waals surface area contributed by atoms with Crippen LogP contribution in [0.15, 0.2) is 53.9 Å². The van der Waals surface area contributed by atoms with Gasteiger partial charge < -0.3 is 10.4 Å². The Kier molecular flexibility index (Phi) is 5.70. The Bertz CT molecular complexity index is 877. The number of thiazole rings is 1. The first-order valence-corrected chi connectivity index (χ1v) is 9.73. The highest BCUT2D eigenvalue weighted by molar-refractivity contribution is 14.1. The van der Waals surface area contributed by atoms with Crippen LogP contribution in [0, 0.1) is 10.5 Å². The van der Waals surface area contributed by atoms with E-state index in [9.17, 15) is 9.90 Å². The summed E-state index contributed by atoms with van der Waals surface area (Å²) in [5.74, 6) is -0.883. The Hall–Kier alpha value is -1.93. The van der Waals surface area contributed by atoms with Gasteiger partial charge >= 0.3 is 5.97 Å². The molecule has 1 aromatic heterocycles. The van der Waals surface area contributed by atoms with Crippen molar-refractivity contribution in [1.29, 1.82) is 0 Å². The van der Waals surface area contributed by atoms with Crippen molar-refractivity contribution in [1.82, 2.24) is 4.98 Å². The quantitative estimate of drug-likeness (QED) is 0.513. The molecule has 0 aliphatic rings. The van der Waals surface area contributed by atoms with E-state index in [4.69, 9.17) is 0 Å². The molecule has 0 aliphatic carbocycles. The van der Waals surface area contributed by atoms with Crippen LogP contribution in [0.2, 0.25) is 0 Å². The summed E-state index contributed by atoms with van der Waals surface area (Å²) in [6.07, 6.45) is 0.408. The standard InChI is InChI=1S/C19H17IN2O2S/c1-12-3-2-4-14(9-12)17-11-25-19(22-17)21-16(18(23)24)10-13-5-7-15(20)8-6-13/h2-9,11,16H,10H2,1H3,(H,21,22)(H,23,24). The number of aryl methyl sites for hydroxylation is 1. The van der Waals surface area contributed by atoms with Crippen LogP contribution in [-0.2, 0) is 11.2 Å². The van der Waals surface area contributed by atoms with Crippen LogP contribution >= 0.6 is 33.9 Å². The summed E-state index contributed by atoms with van der Waals surface area (Å²) < 4.78 is 1.13. The van der Waals surface area contributed by atoms with E-state index in [-0.39, 0.29) is 0 Å².